The van der Waals surface area contributed by atoms with Crippen molar-refractivity contribution >= 4 is 45.4 Å². The monoisotopic (exact) mass is 315 g/mol. The maximum atomic E-state index is 6.35. The topological polar surface area (TPSA) is 12.9 Å². The van der Waals surface area contributed by atoms with E-state index in [0.717, 1.165) is 27.2 Å². The van der Waals surface area contributed by atoms with Crippen LogP contribution in [-0.2, 0) is 0 Å². The third kappa shape index (κ3) is 2.84. The van der Waals surface area contributed by atoms with Crippen LogP contribution in [0.5, 0.6) is 0 Å². The van der Waals surface area contributed by atoms with Crippen LogP contribution in [0.15, 0.2) is 72.8 Å². The number of hydrogen-bond acceptors (Lipinski definition) is 1. The molecule has 0 amide bonds. The Bertz CT molecular complexity index is 1030. The number of rotatable bonds is 2. The number of nitrogens with zero attached hydrogens (tertiary/aromatic N) is 1. The zero-order chi connectivity index (χ0) is 15.6. The molecule has 4 aromatic rings. The molecule has 110 valence electrons. The highest BCUT2D eigenvalue weighted by Crippen LogP contribution is 2.24. The van der Waals surface area contributed by atoms with Gasteiger partial charge >= 0.3 is 0 Å². The average Bonchev–Trinajstić information content (AvgIpc) is 2.60. The van der Waals surface area contributed by atoms with Gasteiger partial charge in [-0.2, -0.15) is 0 Å². The molecule has 0 saturated carbocycles. The van der Waals surface area contributed by atoms with E-state index < -0.39 is 0 Å². The summed E-state index contributed by atoms with van der Waals surface area (Å²) < 4.78 is 0. The lowest BCUT2D eigenvalue weighted by Crippen LogP contribution is -1.84. The third-order valence-corrected chi connectivity index (χ3v) is 4.22. The van der Waals surface area contributed by atoms with Crippen LogP contribution >= 0.6 is 11.6 Å². The van der Waals surface area contributed by atoms with E-state index in [-0.39, 0.29) is 0 Å². The summed E-state index contributed by atoms with van der Waals surface area (Å²) in [7, 11) is 0. The molecule has 0 N–H and O–H groups in total. The van der Waals surface area contributed by atoms with Gasteiger partial charge in [-0.1, -0.05) is 72.3 Å². The fourth-order valence-corrected chi connectivity index (χ4v) is 3.00. The van der Waals surface area contributed by atoms with E-state index in [9.17, 15) is 0 Å². The number of fused-ring (bicyclic) bond motifs is 2. The zero-order valence-corrected chi connectivity index (χ0v) is 13.2. The zero-order valence-electron chi connectivity index (χ0n) is 12.4. The first-order valence-electron chi connectivity index (χ1n) is 7.52. The number of para-hydroxylation sites is 1. The van der Waals surface area contributed by atoms with Gasteiger partial charge in [0.05, 0.1) is 16.2 Å². The van der Waals surface area contributed by atoms with E-state index in [4.69, 9.17) is 11.6 Å². The highest BCUT2D eigenvalue weighted by molar-refractivity contribution is 6.35. The van der Waals surface area contributed by atoms with Crippen LogP contribution in [0.25, 0.3) is 33.8 Å². The van der Waals surface area contributed by atoms with E-state index in [1.165, 1.54) is 10.8 Å². The summed E-state index contributed by atoms with van der Waals surface area (Å²) in [6, 6.07) is 24.6. The Morgan fingerprint density at radius 3 is 2.43 bits per heavy atom. The highest BCUT2D eigenvalue weighted by atomic mass is 35.5. The van der Waals surface area contributed by atoms with Crippen LogP contribution in [-0.4, -0.2) is 4.98 Å². The van der Waals surface area contributed by atoms with Crippen molar-refractivity contribution in [2.24, 2.45) is 0 Å². The first kappa shape index (κ1) is 14.0. The van der Waals surface area contributed by atoms with Gasteiger partial charge in [0, 0.05) is 5.39 Å². The molecule has 4 rings (SSSR count). The Kier molecular flexibility index (Phi) is 3.57. The molecule has 0 radical (unpaired) electrons. The van der Waals surface area contributed by atoms with Gasteiger partial charge in [0.1, 0.15) is 0 Å². The van der Waals surface area contributed by atoms with Gasteiger partial charge in [-0.15, -0.1) is 0 Å². The second-order valence-electron chi connectivity index (χ2n) is 5.49. The molecule has 0 aliphatic heterocycles. The van der Waals surface area contributed by atoms with Crippen LogP contribution in [0, 0.1) is 0 Å². The SMILES string of the molecule is Clc1cc(/C=C/c2ccc3ccccc3c2)nc2ccccc12. The minimum absolute atomic E-state index is 0.730. The molecular formula is C21H14ClN. The largest absolute Gasteiger partial charge is 0.248 e. The van der Waals surface area contributed by atoms with E-state index in [2.05, 4.69) is 53.5 Å². The summed E-state index contributed by atoms with van der Waals surface area (Å²) in [6.45, 7) is 0. The molecule has 23 heavy (non-hydrogen) atoms. The quantitative estimate of drug-likeness (QED) is 0.428. The molecule has 3 aromatic carbocycles. The second kappa shape index (κ2) is 5.86. The first-order valence-corrected chi connectivity index (χ1v) is 7.89. The lowest BCUT2D eigenvalue weighted by Gasteiger charge is -2.02. The lowest BCUT2D eigenvalue weighted by molar-refractivity contribution is 1.37. The molecule has 1 nitrogen and oxygen atoms in total. The predicted octanol–water partition coefficient (Wildman–Crippen LogP) is 6.21. The smallest absolute Gasteiger partial charge is 0.0724 e. The van der Waals surface area contributed by atoms with Gasteiger partial charge in [-0.25, -0.2) is 4.98 Å². The van der Waals surface area contributed by atoms with E-state index in [1.54, 1.807) is 0 Å². The Morgan fingerprint density at radius 1 is 0.739 bits per heavy atom. The number of aromatic nitrogens is 1. The van der Waals surface area contributed by atoms with Gasteiger partial charge in [-0.05, 0) is 40.6 Å². The van der Waals surface area contributed by atoms with Crippen molar-refractivity contribution in [2.45, 2.75) is 0 Å². The summed E-state index contributed by atoms with van der Waals surface area (Å²) in [5.41, 5.74) is 2.93. The summed E-state index contributed by atoms with van der Waals surface area (Å²) in [5.74, 6) is 0. The Hall–Kier alpha value is -2.64. The highest BCUT2D eigenvalue weighted by Gasteiger charge is 2.01. The standard InChI is InChI=1S/C21H14ClN/c22-20-14-18(23-21-8-4-3-7-19(20)21)12-10-15-9-11-16-5-1-2-6-17(16)13-15/h1-14H/b12-10+. The van der Waals surface area contributed by atoms with Gasteiger partial charge in [0.15, 0.2) is 0 Å². The minimum Gasteiger partial charge on any atom is -0.248 e. The third-order valence-electron chi connectivity index (χ3n) is 3.91. The fraction of sp³-hybridized carbons (Fsp3) is 0. The maximum Gasteiger partial charge on any atom is 0.0724 e. The van der Waals surface area contributed by atoms with Crippen molar-refractivity contribution in [2.75, 3.05) is 0 Å². The van der Waals surface area contributed by atoms with Crippen LogP contribution in [0.2, 0.25) is 5.02 Å². The van der Waals surface area contributed by atoms with Crippen molar-refractivity contribution in [1.29, 1.82) is 0 Å². The summed E-state index contributed by atoms with van der Waals surface area (Å²) in [6.07, 6.45) is 4.07. The van der Waals surface area contributed by atoms with Crippen LogP contribution < -0.4 is 0 Å². The molecule has 0 saturated heterocycles. The number of hydrogen-bond donors (Lipinski definition) is 0. The predicted molar refractivity (Wildman–Crippen MR) is 99.6 cm³/mol. The molecule has 1 aromatic heterocycles. The second-order valence-corrected chi connectivity index (χ2v) is 5.89. The van der Waals surface area contributed by atoms with Crippen LogP contribution in [0.3, 0.4) is 0 Å². The van der Waals surface area contributed by atoms with Crippen molar-refractivity contribution in [1.82, 2.24) is 4.98 Å². The Balaban J connectivity index is 1.72. The van der Waals surface area contributed by atoms with Crippen molar-refractivity contribution in [3.8, 4) is 0 Å². The van der Waals surface area contributed by atoms with E-state index in [0.29, 0.717) is 0 Å². The van der Waals surface area contributed by atoms with E-state index >= 15 is 0 Å². The molecule has 0 unspecified atom stereocenters. The molecule has 0 fully saturated rings. The summed E-state index contributed by atoms with van der Waals surface area (Å²) in [4.78, 5) is 4.64. The van der Waals surface area contributed by atoms with Gasteiger partial charge in [0.2, 0.25) is 0 Å². The summed E-state index contributed by atoms with van der Waals surface area (Å²) >= 11 is 6.35. The molecular weight excluding hydrogens is 302 g/mol. The molecule has 1 heterocycles. The maximum absolute atomic E-state index is 6.35. The van der Waals surface area contributed by atoms with Gasteiger partial charge in [-0.3, -0.25) is 0 Å². The Morgan fingerprint density at radius 2 is 1.52 bits per heavy atom. The number of benzene rings is 3. The van der Waals surface area contributed by atoms with Crippen LogP contribution in [0.1, 0.15) is 11.3 Å². The average molecular weight is 316 g/mol. The Labute approximate surface area is 139 Å². The molecule has 0 bridgehead atoms. The fourth-order valence-electron chi connectivity index (χ4n) is 2.73. The normalized spacial score (nSPS) is 11.5. The molecule has 0 aliphatic carbocycles. The number of halogens is 1. The molecule has 0 atom stereocenters. The summed E-state index contributed by atoms with van der Waals surface area (Å²) in [5, 5.41) is 4.20. The van der Waals surface area contributed by atoms with Gasteiger partial charge < -0.3 is 0 Å². The van der Waals surface area contributed by atoms with Crippen LogP contribution in [0.4, 0.5) is 0 Å². The van der Waals surface area contributed by atoms with Crippen molar-refractivity contribution < 1.29 is 0 Å². The molecule has 0 spiro atoms. The van der Waals surface area contributed by atoms with E-state index in [1.807, 2.05) is 36.4 Å². The lowest BCUT2D eigenvalue weighted by atomic mass is 10.1. The van der Waals surface area contributed by atoms with Crippen molar-refractivity contribution in [3.63, 3.8) is 0 Å². The minimum atomic E-state index is 0.730. The number of pyridine rings is 1. The molecule has 2 heteroatoms. The van der Waals surface area contributed by atoms with Gasteiger partial charge in [0.25, 0.3) is 0 Å². The molecule has 0 aliphatic rings. The van der Waals surface area contributed by atoms with Crippen molar-refractivity contribution in [3.05, 3.63) is 89.1 Å². The first-order chi connectivity index (χ1) is 11.3.